The Kier molecular flexibility index (Phi) is 9.09. The van der Waals surface area contributed by atoms with E-state index in [9.17, 15) is 0 Å². The summed E-state index contributed by atoms with van der Waals surface area (Å²) in [5.74, 6) is 1.81. The Morgan fingerprint density at radius 1 is 0.293 bits per heavy atom. The summed E-state index contributed by atoms with van der Waals surface area (Å²) in [5, 5.41) is 4.30. The summed E-state index contributed by atoms with van der Waals surface area (Å²) in [7, 11) is 0. The number of hydrogen-bond donors (Lipinski definition) is 0. The molecule has 11 aromatic carbocycles. The highest BCUT2D eigenvalue weighted by atomic mass is 32.1. The minimum absolute atomic E-state index is 0.458. The summed E-state index contributed by atoms with van der Waals surface area (Å²) in [4.78, 5) is 16.1. The Balaban J connectivity index is 0.870. The minimum atomic E-state index is -0.458. The smallest absolute Gasteiger partial charge is 0.164 e. The zero-order chi connectivity index (χ0) is 49.2. The number of fused-ring (bicyclic) bond motifs is 16. The number of hydrogen-bond acceptors (Lipinski definition) is 5. The van der Waals surface area contributed by atoms with Gasteiger partial charge in [-0.2, -0.15) is 0 Å². The van der Waals surface area contributed by atoms with Gasteiger partial charge in [-0.3, -0.25) is 0 Å². The third-order valence-electron chi connectivity index (χ3n) is 15.8. The molecule has 0 amide bonds. The zero-order valence-corrected chi connectivity index (χ0v) is 41.1. The van der Waals surface area contributed by atoms with Gasteiger partial charge in [0.2, 0.25) is 0 Å². The predicted molar refractivity (Wildman–Crippen MR) is 309 cm³/mol. The van der Waals surface area contributed by atoms with Crippen molar-refractivity contribution in [3.63, 3.8) is 0 Å². The fraction of sp³-hybridized carbons (Fsp3) is 0.0143. The largest absolute Gasteiger partial charge is 0.456 e. The van der Waals surface area contributed by atoms with E-state index in [1.807, 2.05) is 18.2 Å². The van der Waals surface area contributed by atoms with Gasteiger partial charge >= 0.3 is 0 Å². The molecule has 3 aromatic heterocycles. The second-order valence-corrected chi connectivity index (χ2v) is 20.8. The van der Waals surface area contributed by atoms with Crippen LogP contribution in [-0.4, -0.2) is 15.0 Å². The van der Waals surface area contributed by atoms with E-state index >= 15 is 0 Å². The average molecular weight is 972 g/mol. The van der Waals surface area contributed by atoms with Crippen LogP contribution in [0.3, 0.4) is 0 Å². The Bertz CT molecular complexity index is 4620. The van der Waals surface area contributed by atoms with Crippen molar-refractivity contribution < 1.29 is 4.42 Å². The summed E-state index contributed by atoms with van der Waals surface area (Å²) < 4.78 is 9.13. The molecule has 0 atom stereocenters. The molecule has 4 nitrogen and oxygen atoms in total. The molecule has 0 saturated heterocycles. The van der Waals surface area contributed by atoms with Gasteiger partial charge < -0.3 is 4.42 Å². The van der Waals surface area contributed by atoms with Gasteiger partial charge in [-0.25, -0.2) is 15.0 Å². The van der Waals surface area contributed by atoms with E-state index in [1.54, 1.807) is 11.3 Å². The van der Waals surface area contributed by atoms with Crippen molar-refractivity contribution in [3.05, 3.63) is 271 Å². The van der Waals surface area contributed by atoms with Crippen LogP contribution in [0.4, 0.5) is 0 Å². The molecule has 0 aliphatic heterocycles. The molecule has 0 radical (unpaired) electrons. The van der Waals surface area contributed by atoms with E-state index in [0.29, 0.717) is 17.5 Å². The fourth-order valence-corrected chi connectivity index (χ4v) is 13.8. The van der Waals surface area contributed by atoms with Crippen molar-refractivity contribution in [2.45, 2.75) is 5.41 Å². The lowest BCUT2D eigenvalue weighted by atomic mass is 9.68. The Morgan fingerprint density at radius 3 is 1.55 bits per heavy atom. The molecule has 0 bridgehead atoms. The van der Waals surface area contributed by atoms with Crippen LogP contribution in [-0.2, 0) is 5.41 Å². The molecule has 348 valence electrons. The van der Waals surface area contributed by atoms with Crippen LogP contribution in [0.25, 0.3) is 132 Å². The van der Waals surface area contributed by atoms with E-state index in [-0.39, 0.29) is 0 Å². The monoisotopic (exact) mass is 971 g/mol. The number of thiophene rings is 1. The number of aromatic nitrogens is 3. The van der Waals surface area contributed by atoms with E-state index in [2.05, 4.69) is 231 Å². The van der Waals surface area contributed by atoms with E-state index < -0.39 is 5.41 Å². The van der Waals surface area contributed by atoms with Crippen LogP contribution in [0.1, 0.15) is 22.3 Å². The normalized spacial score (nSPS) is 12.9. The summed E-state index contributed by atoms with van der Waals surface area (Å²) in [6.07, 6.45) is 0. The first-order valence-corrected chi connectivity index (χ1v) is 26.3. The molecular formula is C70H41N3OS. The number of furan rings is 1. The first-order valence-electron chi connectivity index (χ1n) is 25.5. The van der Waals surface area contributed by atoms with Crippen LogP contribution < -0.4 is 0 Å². The highest BCUT2D eigenvalue weighted by molar-refractivity contribution is 7.25. The SMILES string of the molecule is c1ccc(-c2cccc(-c3nc(-c4cccc5oc6ccc(-c7cccc(-c8cccc9c8C8(c%10ccccc%10-c%10ccccc%108)c8ccccc8-9)c7)cc6c45)nc(-c4cccc5sc6ccccc6c45)n3)c2)cc1. The van der Waals surface area contributed by atoms with Crippen molar-refractivity contribution >= 4 is 53.4 Å². The maximum absolute atomic E-state index is 6.71. The number of benzene rings is 11. The van der Waals surface area contributed by atoms with Crippen molar-refractivity contribution in [2.24, 2.45) is 0 Å². The van der Waals surface area contributed by atoms with Crippen molar-refractivity contribution in [1.82, 2.24) is 15.0 Å². The molecule has 16 rings (SSSR count). The van der Waals surface area contributed by atoms with Crippen LogP contribution >= 0.6 is 11.3 Å². The number of rotatable bonds is 6. The second-order valence-electron chi connectivity index (χ2n) is 19.7. The van der Waals surface area contributed by atoms with Crippen molar-refractivity contribution in [3.8, 4) is 89.8 Å². The minimum Gasteiger partial charge on any atom is -0.456 e. The maximum Gasteiger partial charge on any atom is 0.164 e. The molecule has 2 aliphatic carbocycles. The van der Waals surface area contributed by atoms with E-state index in [0.717, 1.165) is 66.3 Å². The average Bonchev–Trinajstić information content (AvgIpc) is 4.24. The van der Waals surface area contributed by atoms with Crippen LogP contribution in [0, 0.1) is 0 Å². The van der Waals surface area contributed by atoms with E-state index in [4.69, 9.17) is 19.4 Å². The van der Waals surface area contributed by atoms with Crippen LogP contribution in [0.15, 0.2) is 253 Å². The lowest BCUT2D eigenvalue weighted by molar-refractivity contribution is 0.669. The zero-order valence-electron chi connectivity index (χ0n) is 40.3. The Labute approximate surface area is 436 Å². The van der Waals surface area contributed by atoms with Gasteiger partial charge in [0.15, 0.2) is 17.5 Å². The lowest BCUT2D eigenvalue weighted by Gasteiger charge is -2.32. The van der Waals surface area contributed by atoms with Gasteiger partial charge in [0, 0.05) is 47.6 Å². The van der Waals surface area contributed by atoms with E-state index in [1.165, 1.54) is 70.4 Å². The number of nitrogens with zero attached hydrogens (tertiary/aromatic N) is 3. The molecule has 1 spiro atoms. The molecule has 2 aliphatic rings. The summed E-state index contributed by atoms with van der Waals surface area (Å²) in [6.45, 7) is 0. The van der Waals surface area contributed by atoms with Gasteiger partial charge in [0.05, 0.1) is 5.41 Å². The standard InChI is InChI=1S/C70H41N3OS/c1-2-17-42(18-3-1)43-19-13-22-47(40-43)67-71-68(73-69(72-67)55-30-16-36-63-65(55)53-26-7-11-35-62(53)75-63)54-29-15-34-61-64(54)56-41-45(37-38-60(56)74-61)44-20-12-21-46(39-44)48-27-14-28-52-51-25-6-10-33-59(51)70(66(48)52)57-31-8-4-23-49(57)50-24-5-9-32-58(50)70/h1-41H. The highest BCUT2D eigenvalue weighted by Gasteiger charge is 2.52. The molecule has 14 aromatic rings. The molecule has 0 unspecified atom stereocenters. The molecular weight excluding hydrogens is 931 g/mol. The lowest BCUT2D eigenvalue weighted by Crippen LogP contribution is -2.26. The molecule has 0 saturated carbocycles. The first-order chi connectivity index (χ1) is 37.2. The van der Waals surface area contributed by atoms with Gasteiger partial charge in [0.1, 0.15) is 11.2 Å². The quantitative estimate of drug-likeness (QED) is 0.167. The summed E-state index contributed by atoms with van der Waals surface area (Å²) >= 11 is 1.79. The third kappa shape index (κ3) is 6.19. The highest BCUT2D eigenvalue weighted by Crippen LogP contribution is 2.64. The van der Waals surface area contributed by atoms with Crippen LogP contribution in [0.2, 0.25) is 0 Å². The topological polar surface area (TPSA) is 51.8 Å². The van der Waals surface area contributed by atoms with Gasteiger partial charge in [0.25, 0.3) is 0 Å². The molecule has 5 heteroatoms. The molecule has 75 heavy (non-hydrogen) atoms. The fourth-order valence-electron chi connectivity index (χ4n) is 12.6. The first kappa shape index (κ1) is 42.0. The summed E-state index contributed by atoms with van der Waals surface area (Å²) in [6, 6.07) is 89.8. The molecule has 0 fully saturated rings. The molecule has 3 heterocycles. The second kappa shape index (κ2) is 16.2. The maximum atomic E-state index is 6.71. The Hall–Kier alpha value is -9.55. The van der Waals surface area contributed by atoms with Gasteiger partial charge in [-0.1, -0.05) is 206 Å². The third-order valence-corrected chi connectivity index (χ3v) is 16.9. The van der Waals surface area contributed by atoms with Crippen molar-refractivity contribution in [2.75, 3.05) is 0 Å². The summed E-state index contributed by atoms with van der Waals surface area (Å²) in [5.41, 5.74) is 21.3. The van der Waals surface area contributed by atoms with Gasteiger partial charge in [-0.05, 0) is 120 Å². The van der Waals surface area contributed by atoms with Crippen LogP contribution in [0.5, 0.6) is 0 Å². The predicted octanol–water partition coefficient (Wildman–Crippen LogP) is 18.5. The van der Waals surface area contributed by atoms with Gasteiger partial charge in [-0.15, -0.1) is 11.3 Å². The van der Waals surface area contributed by atoms with Crippen molar-refractivity contribution in [1.29, 1.82) is 0 Å². The Morgan fingerprint density at radius 2 is 0.787 bits per heavy atom. The molecule has 0 N–H and O–H groups in total.